The monoisotopic (exact) mass is 680 g/mol. The van der Waals surface area contributed by atoms with E-state index in [1.165, 1.54) is 60.7 Å². The van der Waals surface area contributed by atoms with Gasteiger partial charge in [-0.2, -0.15) is 0 Å². The number of furan rings is 1. The Morgan fingerprint density at radius 1 is 0.585 bits per heavy atom. The van der Waals surface area contributed by atoms with E-state index < -0.39 is 0 Å². The number of benzene rings is 6. The molecule has 0 fully saturated rings. The van der Waals surface area contributed by atoms with Crippen LogP contribution >= 0.6 is 0 Å². The van der Waals surface area contributed by atoms with Crippen LogP contribution in [-0.2, 0) is 6.42 Å². The van der Waals surface area contributed by atoms with Crippen LogP contribution in [0.3, 0.4) is 0 Å². The Labute approximate surface area is 308 Å². The first-order valence-electron chi connectivity index (χ1n) is 18.7. The molecule has 252 valence electrons. The van der Waals surface area contributed by atoms with Gasteiger partial charge in [0.05, 0.1) is 22.6 Å². The van der Waals surface area contributed by atoms with Gasteiger partial charge < -0.3 is 13.6 Å². The molecule has 9 aromatic rings. The molecule has 3 heteroatoms. The van der Waals surface area contributed by atoms with Crippen molar-refractivity contribution in [1.29, 1.82) is 0 Å². The number of fused-ring (bicyclic) bond motifs is 7. The van der Waals surface area contributed by atoms with E-state index in [0.29, 0.717) is 0 Å². The third kappa shape index (κ3) is 4.74. The highest BCUT2D eigenvalue weighted by Gasteiger charge is 2.25. The summed E-state index contributed by atoms with van der Waals surface area (Å²) < 4.78 is 11.7. The molecule has 2 aliphatic carbocycles. The van der Waals surface area contributed by atoms with Crippen molar-refractivity contribution in [3.8, 4) is 39.3 Å². The fraction of sp³-hybridized carbons (Fsp3) is 0.0800. The molecule has 0 saturated carbocycles. The van der Waals surface area contributed by atoms with Gasteiger partial charge in [0.1, 0.15) is 11.3 Å². The van der Waals surface area contributed by atoms with Crippen molar-refractivity contribution in [2.45, 2.75) is 25.3 Å². The van der Waals surface area contributed by atoms with Gasteiger partial charge in [-0.25, -0.2) is 0 Å². The van der Waals surface area contributed by atoms with Crippen molar-refractivity contribution in [2.24, 2.45) is 0 Å². The Morgan fingerprint density at radius 2 is 1.32 bits per heavy atom. The summed E-state index contributed by atoms with van der Waals surface area (Å²) in [6.45, 7) is 0. The molecule has 0 spiro atoms. The molecule has 3 aromatic heterocycles. The number of aromatic nitrogens is 2. The van der Waals surface area contributed by atoms with E-state index >= 15 is 0 Å². The molecule has 3 nitrogen and oxygen atoms in total. The van der Waals surface area contributed by atoms with Gasteiger partial charge in [-0.05, 0) is 78.9 Å². The quantitative estimate of drug-likeness (QED) is 0.177. The molecule has 0 amide bonds. The predicted octanol–water partition coefficient (Wildman–Crippen LogP) is 13.5. The maximum Gasteiger partial charge on any atom is 0.135 e. The fourth-order valence-corrected chi connectivity index (χ4v) is 8.96. The molecule has 11 rings (SSSR count). The van der Waals surface area contributed by atoms with Gasteiger partial charge in [0.15, 0.2) is 0 Å². The summed E-state index contributed by atoms with van der Waals surface area (Å²) in [5.74, 6) is 0.871. The number of nitrogens with zero attached hydrogens (tertiary/aromatic N) is 2. The third-order valence-corrected chi connectivity index (χ3v) is 11.3. The van der Waals surface area contributed by atoms with Crippen LogP contribution < -0.4 is 0 Å². The fourth-order valence-electron chi connectivity index (χ4n) is 8.96. The standard InChI is InChI=1S/C50H36N2O/c1-3-16-37(17-4-1)51-45-26-10-8-20-41(45)43-24-13-22-39(49(43)51)34-29-35(31-36(30-34)48-32-33-15-7-12-28-47(33)53-48)40-23-14-25-44-42-21-9-11-27-46(42)52(50(40)44)38-18-5-2-6-19-38/h1-10,12-18,20-26,28-32,38H,11,19,27H2. The summed E-state index contributed by atoms with van der Waals surface area (Å²) in [5.41, 5.74) is 14.4. The first-order chi connectivity index (χ1) is 26.3. The normalized spacial score (nSPS) is 15.3. The molecule has 3 heterocycles. The molecule has 6 aromatic carbocycles. The van der Waals surface area contributed by atoms with Crippen molar-refractivity contribution in [3.05, 3.63) is 181 Å². The Kier molecular flexibility index (Phi) is 6.81. The zero-order valence-corrected chi connectivity index (χ0v) is 29.2. The minimum Gasteiger partial charge on any atom is -0.456 e. The summed E-state index contributed by atoms with van der Waals surface area (Å²) in [5, 5.41) is 4.91. The first-order valence-corrected chi connectivity index (χ1v) is 18.7. The van der Waals surface area contributed by atoms with Crippen molar-refractivity contribution >= 4 is 49.8 Å². The van der Waals surface area contributed by atoms with Gasteiger partial charge in [-0.3, -0.25) is 0 Å². The van der Waals surface area contributed by atoms with E-state index in [-0.39, 0.29) is 6.04 Å². The SMILES string of the molecule is C1=CCC(n2c3c(c4cccc(-c5cc(-c6cc7ccccc7o6)cc(-c6cccc7c8ccccc8n(-c8ccccc8)c67)c5)c42)C=CCC3)C=C1. The van der Waals surface area contributed by atoms with Gasteiger partial charge in [-0.15, -0.1) is 0 Å². The zero-order chi connectivity index (χ0) is 34.9. The van der Waals surface area contributed by atoms with Gasteiger partial charge >= 0.3 is 0 Å². The number of hydrogen-bond donors (Lipinski definition) is 0. The van der Waals surface area contributed by atoms with Crippen LogP contribution in [0, 0.1) is 0 Å². The lowest BCUT2D eigenvalue weighted by Gasteiger charge is -2.23. The van der Waals surface area contributed by atoms with Crippen LogP contribution in [0.15, 0.2) is 174 Å². The lowest BCUT2D eigenvalue weighted by atomic mass is 9.92. The number of para-hydroxylation sites is 5. The van der Waals surface area contributed by atoms with Gasteiger partial charge in [-0.1, -0.05) is 127 Å². The average Bonchev–Trinajstić information content (AvgIpc) is 3.92. The average molecular weight is 681 g/mol. The number of rotatable bonds is 5. The number of hydrogen-bond acceptors (Lipinski definition) is 1. The topological polar surface area (TPSA) is 23.0 Å². The lowest BCUT2D eigenvalue weighted by Crippen LogP contribution is -2.12. The second-order valence-corrected chi connectivity index (χ2v) is 14.3. The zero-order valence-electron chi connectivity index (χ0n) is 29.2. The first kappa shape index (κ1) is 30.1. The van der Waals surface area contributed by atoms with Gasteiger partial charge in [0.25, 0.3) is 0 Å². The van der Waals surface area contributed by atoms with E-state index in [2.05, 4.69) is 179 Å². The molecule has 53 heavy (non-hydrogen) atoms. The van der Waals surface area contributed by atoms with E-state index in [1.54, 1.807) is 0 Å². The van der Waals surface area contributed by atoms with Crippen LogP contribution in [0.5, 0.6) is 0 Å². The summed E-state index contributed by atoms with van der Waals surface area (Å²) in [6.07, 6.45) is 16.8. The molecular formula is C50H36N2O. The Balaban J connectivity index is 1.23. The highest BCUT2D eigenvalue weighted by Crippen LogP contribution is 2.45. The maximum atomic E-state index is 6.60. The highest BCUT2D eigenvalue weighted by atomic mass is 16.3. The lowest BCUT2D eigenvalue weighted by molar-refractivity contribution is 0.599. The molecule has 0 bridgehead atoms. The van der Waals surface area contributed by atoms with Crippen LogP contribution in [0.4, 0.5) is 0 Å². The molecule has 2 aliphatic rings. The molecule has 0 N–H and O–H groups in total. The Hall–Kier alpha value is -6.58. The van der Waals surface area contributed by atoms with E-state index in [1.807, 2.05) is 6.07 Å². The predicted molar refractivity (Wildman–Crippen MR) is 222 cm³/mol. The second kappa shape index (κ2) is 12.0. The van der Waals surface area contributed by atoms with E-state index in [4.69, 9.17) is 4.42 Å². The van der Waals surface area contributed by atoms with Crippen LogP contribution in [-0.4, -0.2) is 9.13 Å². The largest absolute Gasteiger partial charge is 0.456 e. The second-order valence-electron chi connectivity index (χ2n) is 14.3. The molecule has 0 aliphatic heterocycles. The highest BCUT2D eigenvalue weighted by molar-refractivity contribution is 6.14. The summed E-state index contributed by atoms with van der Waals surface area (Å²) in [6, 6.07) is 51.0. The summed E-state index contributed by atoms with van der Waals surface area (Å²) in [7, 11) is 0. The van der Waals surface area contributed by atoms with E-state index in [0.717, 1.165) is 52.8 Å². The molecule has 1 unspecified atom stereocenters. The summed E-state index contributed by atoms with van der Waals surface area (Å²) in [4.78, 5) is 0. The summed E-state index contributed by atoms with van der Waals surface area (Å²) >= 11 is 0. The molecule has 0 saturated heterocycles. The van der Waals surface area contributed by atoms with Gasteiger partial charge in [0, 0.05) is 55.2 Å². The minimum absolute atomic E-state index is 0.271. The van der Waals surface area contributed by atoms with Gasteiger partial charge in [0.2, 0.25) is 0 Å². The van der Waals surface area contributed by atoms with Crippen LogP contribution in [0.2, 0.25) is 0 Å². The molecule has 1 atom stereocenters. The maximum absolute atomic E-state index is 6.60. The van der Waals surface area contributed by atoms with Crippen molar-refractivity contribution in [2.75, 3.05) is 0 Å². The Bertz CT molecular complexity index is 2950. The van der Waals surface area contributed by atoms with Crippen molar-refractivity contribution < 1.29 is 4.42 Å². The van der Waals surface area contributed by atoms with Crippen molar-refractivity contribution in [1.82, 2.24) is 9.13 Å². The van der Waals surface area contributed by atoms with Crippen LogP contribution in [0.1, 0.15) is 30.1 Å². The van der Waals surface area contributed by atoms with E-state index in [9.17, 15) is 0 Å². The van der Waals surface area contributed by atoms with Crippen LogP contribution in [0.25, 0.3) is 89.0 Å². The van der Waals surface area contributed by atoms with Crippen molar-refractivity contribution in [3.63, 3.8) is 0 Å². The third-order valence-electron chi connectivity index (χ3n) is 11.3. The molecule has 0 radical (unpaired) electrons. The minimum atomic E-state index is 0.271. The molecular weight excluding hydrogens is 645 g/mol. The number of allylic oxidation sites excluding steroid dienone is 5. The smallest absolute Gasteiger partial charge is 0.135 e. The Morgan fingerprint density at radius 3 is 2.15 bits per heavy atom.